The Balaban J connectivity index is 1.65. The average Bonchev–Trinajstić information content (AvgIpc) is 2.61. The van der Waals surface area contributed by atoms with E-state index in [1.807, 2.05) is 25.2 Å². The number of benzene rings is 1. The van der Waals surface area contributed by atoms with Gasteiger partial charge in [-0.25, -0.2) is 0 Å². The van der Waals surface area contributed by atoms with Gasteiger partial charge in [0, 0.05) is 33.3 Å². The van der Waals surface area contributed by atoms with Gasteiger partial charge in [0.25, 0.3) is 0 Å². The van der Waals surface area contributed by atoms with E-state index in [0.717, 1.165) is 57.2 Å². The van der Waals surface area contributed by atoms with Gasteiger partial charge < -0.3 is 19.7 Å². The van der Waals surface area contributed by atoms with Crippen LogP contribution in [0.25, 0.3) is 0 Å². The fourth-order valence-corrected chi connectivity index (χ4v) is 2.98. The van der Waals surface area contributed by atoms with Crippen LogP contribution in [0.5, 0.6) is 5.75 Å². The first-order valence-corrected chi connectivity index (χ1v) is 9.00. The van der Waals surface area contributed by atoms with Gasteiger partial charge in [-0.1, -0.05) is 18.2 Å². The van der Waals surface area contributed by atoms with Gasteiger partial charge in [-0.3, -0.25) is 4.99 Å². The number of piperidine rings is 1. The highest BCUT2D eigenvalue weighted by molar-refractivity contribution is 5.79. The van der Waals surface area contributed by atoms with Crippen LogP contribution >= 0.6 is 0 Å². The molecule has 0 saturated carbocycles. The summed E-state index contributed by atoms with van der Waals surface area (Å²) in [5.74, 6) is 1.96. The van der Waals surface area contributed by atoms with Crippen LogP contribution in [-0.2, 0) is 4.74 Å². The van der Waals surface area contributed by atoms with Crippen LogP contribution < -0.4 is 10.1 Å². The maximum Gasteiger partial charge on any atom is 0.193 e. The van der Waals surface area contributed by atoms with E-state index >= 15 is 0 Å². The third-order valence-corrected chi connectivity index (χ3v) is 4.31. The number of likely N-dealkylation sites (tertiary alicyclic amines) is 1. The molecule has 0 unspecified atom stereocenters. The minimum Gasteiger partial charge on any atom is -0.493 e. The topological polar surface area (TPSA) is 46.1 Å². The number of para-hydroxylation sites is 1. The lowest BCUT2D eigenvalue weighted by Crippen LogP contribution is -2.47. The van der Waals surface area contributed by atoms with E-state index in [1.54, 1.807) is 0 Å². The standard InChI is InChI=1S/C19H31N3O2/c1-4-23-17-10-13-22(14-11-17)19(20-3)21-12-7-15-24-18-9-6-5-8-16(18)2/h5-6,8-9,17H,4,7,10-15H2,1-3H3,(H,20,21). The predicted molar refractivity (Wildman–Crippen MR) is 98.9 cm³/mol. The Morgan fingerprint density at radius 2 is 2.04 bits per heavy atom. The Bertz CT molecular complexity index is 511. The molecular formula is C19H31N3O2. The highest BCUT2D eigenvalue weighted by atomic mass is 16.5. The number of guanidine groups is 1. The summed E-state index contributed by atoms with van der Waals surface area (Å²) in [6, 6.07) is 8.13. The molecule has 0 amide bonds. The van der Waals surface area contributed by atoms with Crippen LogP contribution in [-0.4, -0.2) is 56.9 Å². The van der Waals surface area contributed by atoms with Crippen molar-refractivity contribution in [1.29, 1.82) is 0 Å². The summed E-state index contributed by atoms with van der Waals surface area (Å²) >= 11 is 0. The van der Waals surface area contributed by atoms with E-state index in [2.05, 4.69) is 35.1 Å². The zero-order valence-corrected chi connectivity index (χ0v) is 15.3. The second-order valence-corrected chi connectivity index (χ2v) is 6.08. The molecule has 0 atom stereocenters. The van der Waals surface area contributed by atoms with Crippen molar-refractivity contribution in [3.05, 3.63) is 29.8 Å². The molecule has 1 N–H and O–H groups in total. The largest absolute Gasteiger partial charge is 0.493 e. The fraction of sp³-hybridized carbons (Fsp3) is 0.632. The second kappa shape index (κ2) is 10.2. The SMILES string of the molecule is CCOC1CCN(C(=NC)NCCCOc2ccccc2C)CC1. The lowest BCUT2D eigenvalue weighted by Gasteiger charge is -2.34. The Morgan fingerprint density at radius 3 is 2.71 bits per heavy atom. The van der Waals surface area contributed by atoms with Gasteiger partial charge in [-0.15, -0.1) is 0 Å². The Hall–Kier alpha value is -1.75. The Morgan fingerprint density at radius 1 is 1.29 bits per heavy atom. The third kappa shape index (κ3) is 5.71. The molecule has 0 spiro atoms. The lowest BCUT2D eigenvalue weighted by molar-refractivity contribution is 0.0264. The molecule has 5 nitrogen and oxygen atoms in total. The Labute approximate surface area is 146 Å². The fourth-order valence-electron chi connectivity index (χ4n) is 2.98. The minimum atomic E-state index is 0.409. The lowest BCUT2D eigenvalue weighted by atomic mass is 10.1. The molecule has 1 aliphatic rings. The van der Waals surface area contributed by atoms with Crippen LogP contribution in [0, 0.1) is 6.92 Å². The maximum absolute atomic E-state index is 5.83. The zero-order valence-electron chi connectivity index (χ0n) is 15.3. The number of aliphatic imine (C=N–C) groups is 1. The zero-order chi connectivity index (χ0) is 17.2. The van der Waals surface area contributed by atoms with Crippen LogP contribution in [0.2, 0.25) is 0 Å². The summed E-state index contributed by atoms with van der Waals surface area (Å²) in [6.07, 6.45) is 3.51. The normalized spacial score (nSPS) is 16.3. The number of aryl methyl sites for hydroxylation is 1. The van der Waals surface area contributed by atoms with E-state index in [0.29, 0.717) is 12.7 Å². The predicted octanol–water partition coefficient (Wildman–Crippen LogP) is 2.84. The van der Waals surface area contributed by atoms with E-state index in [9.17, 15) is 0 Å². The van der Waals surface area contributed by atoms with Gasteiger partial charge in [-0.05, 0) is 44.7 Å². The molecule has 5 heteroatoms. The number of nitrogens with zero attached hydrogens (tertiary/aromatic N) is 2. The van der Waals surface area contributed by atoms with Crippen molar-refractivity contribution in [2.24, 2.45) is 4.99 Å². The first kappa shape index (κ1) is 18.6. The summed E-state index contributed by atoms with van der Waals surface area (Å²) in [7, 11) is 1.85. The molecule has 1 aromatic rings. The summed E-state index contributed by atoms with van der Waals surface area (Å²) in [4.78, 5) is 6.72. The molecule has 1 aromatic carbocycles. The van der Waals surface area contributed by atoms with Crippen molar-refractivity contribution >= 4 is 5.96 Å². The van der Waals surface area contributed by atoms with Crippen LogP contribution in [0.4, 0.5) is 0 Å². The molecule has 0 radical (unpaired) electrons. The molecule has 24 heavy (non-hydrogen) atoms. The summed E-state index contributed by atoms with van der Waals surface area (Å²) in [5, 5.41) is 3.44. The van der Waals surface area contributed by atoms with Crippen molar-refractivity contribution < 1.29 is 9.47 Å². The summed E-state index contributed by atoms with van der Waals surface area (Å²) < 4.78 is 11.5. The third-order valence-electron chi connectivity index (χ3n) is 4.31. The molecule has 134 valence electrons. The number of rotatable bonds is 7. The highest BCUT2D eigenvalue weighted by Gasteiger charge is 2.21. The van der Waals surface area contributed by atoms with Gasteiger partial charge in [0.05, 0.1) is 12.7 Å². The number of ether oxygens (including phenoxy) is 2. The van der Waals surface area contributed by atoms with Gasteiger partial charge in [-0.2, -0.15) is 0 Å². The number of hydrogen-bond donors (Lipinski definition) is 1. The number of hydrogen-bond acceptors (Lipinski definition) is 3. The van der Waals surface area contributed by atoms with E-state index in [-0.39, 0.29) is 0 Å². The second-order valence-electron chi connectivity index (χ2n) is 6.08. The van der Waals surface area contributed by atoms with Gasteiger partial charge in [0.15, 0.2) is 5.96 Å². The van der Waals surface area contributed by atoms with Crippen molar-refractivity contribution in [2.75, 3.05) is 39.9 Å². The molecular weight excluding hydrogens is 302 g/mol. The highest BCUT2D eigenvalue weighted by Crippen LogP contribution is 2.16. The van der Waals surface area contributed by atoms with E-state index in [1.165, 1.54) is 5.56 Å². The van der Waals surface area contributed by atoms with Crippen molar-refractivity contribution in [1.82, 2.24) is 10.2 Å². The minimum absolute atomic E-state index is 0.409. The quantitative estimate of drug-likeness (QED) is 0.473. The molecule has 2 rings (SSSR count). The summed E-state index contributed by atoms with van der Waals surface area (Å²) in [5.41, 5.74) is 1.18. The van der Waals surface area contributed by atoms with Gasteiger partial charge >= 0.3 is 0 Å². The molecule has 1 aliphatic heterocycles. The maximum atomic E-state index is 5.83. The number of nitrogens with one attached hydrogen (secondary N) is 1. The molecule has 1 heterocycles. The average molecular weight is 333 g/mol. The first-order chi connectivity index (χ1) is 11.7. The molecule has 1 saturated heterocycles. The monoisotopic (exact) mass is 333 g/mol. The molecule has 0 aliphatic carbocycles. The van der Waals surface area contributed by atoms with Crippen LogP contribution in [0.3, 0.4) is 0 Å². The smallest absolute Gasteiger partial charge is 0.193 e. The van der Waals surface area contributed by atoms with Crippen LogP contribution in [0.1, 0.15) is 31.7 Å². The van der Waals surface area contributed by atoms with Crippen molar-refractivity contribution in [2.45, 2.75) is 39.2 Å². The van der Waals surface area contributed by atoms with E-state index < -0.39 is 0 Å². The molecule has 1 fully saturated rings. The van der Waals surface area contributed by atoms with Gasteiger partial charge in [0.2, 0.25) is 0 Å². The first-order valence-electron chi connectivity index (χ1n) is 9.00. The van der Waals surface area contributed by atoms with Crippen molar-refractivity contribution in [3.8, 4) is 5.75 Å². The van der Waals surface area contributed by atoms with Crippen molar-refractivity contribution in [3.63, 3.8) is 0 Å². The Kier molecular flexibility index (Phi) is 7.89. The molecule has 0 aromatic heterocycles. The van der Waals surface area contributed by atoms with Gasteiger partial charge in [0.1, 0.15) is 5.75 Å². The van der Waals surface area contributed by atoms with E-state index in [4.69, 9.17) is 9.47 Å². The molecule has 0 bridgehead atoms. The summed E-state index contributed by atoms with van der Waals surface area (Å²) in [6.45, 7) is 8.52. The van der Waals surface area contributed by atoms with Crippen LogP contribution in [0.15, 0.2) is 29.3 Å².